The van der Waals surface area contributed by atoms with Crippen LogP contribution in [0.3, 0.4) is 0 Å². The van der Waals surface area contributed by atoms with Gasteiger partial charge >= 0.3 is 0 Å². The van der Waals surface area contributed by atoms with Gasteiger partial charge in [0.05, 0.1) is 5.56 Å². The van der Waals surface area contributed by atoms with Crippen LogP contribution in [0.4, 0.5) is 5.82 Å². The number of rotatable bonds is 7. The Morgan fingerprint density at radius 2 is 2.00 bits per heavy atom. The zero-order valence-electron chi connectivity index (χ0n) is 12.5. The molecule has 0 saturated heterocycles. The molecule has 0 amide bonds. The Labute approximate surface area is 125 Å². The lowest BCUT2D eigenvalue weighted by Crippen LogP contribution is -2.06. The second kappa shape index (κ2) is 7.59. The van der Waals surface area contributed by atoms with Crippen LogP contribution >= 0.6 is 0 Å². The van der Waals surface area contributed by atoms with E-state index in [1.807, 2.05) is 38.1 Å². The molecule has 5 heteroatoms. The Hall–Kier alpha value is -2.14. The van der Waals surface area contributed by atoms with E-state index in [4.69, 9.17) is 9.84 Å². The number of ether oxygens (including phenoxy) is 1. The van der Waals surface area contributed by atoms with E-state index in [-0.39, 0.29) is 6.61 Å². The standard InChI is InChI=1S/C16H21N3O2/c1-3-13-15(17-4-2)18-11-19-16(13)21-14-8-6-5-7-12(14)9-10-20/h5-8,11,20H,3-4,9-10H2,1-2H3,(H,17,18,19). The molecule has 5 nitrogen and oxygen atoms in total. The number of hydrogen-bond donors (Lipinski definition) is 2. The van der Waals surface area contributed by atoms with Gasteiger partial charge in [0.1, 0.15) is 17.9 Å². The summed E-state index contributed by atoms with van der Waals surface area (Å²) in [4.78, 5) is 8.51. The second-order valence-electron chi connectivity index (χ2n) is 4.57. The smallest absolute Gasteiger partial charge is 0.227 e. The average molecular weight is 287 g/mol. The van der Waals surface area contributed by atoms with Crippen molar-refractivity contribution in [1.29, 1.82) is 0 Å². The van der Waals surface area contributed by atoms with Crippen LogP contribution in [-0.2, 0) is 12.8 Å². The van der Waals surface area contributed by atoms with Crippen molar-refractivity contribution in [2.75, 3.05) is 18.5 Å². The first-order chi connectivity index (χ1) is 10.3. The lowest BCUT2D eigenvalue weighted by atomic mass is 10.1. The average Bonchev–Trinajstić information content (AvgIpc) is 2.50. The topological polar surface area (TPSA) is 67.3 Å². The largest absolute Gasteiger partial charge is 0.438 e. The number of nitrogens with zero attached hydrogens (tertiary/aromatic N) is 2. The first-order valence-electron chi connectivity index (χ1n) is 7.24. The van der Waals surface area contributed by atoms with E-state index >= 15 is 0 Å². The molecule has 0 atom stereocenters. The number of nitrogens with one attached hydrogen (secondary N) is 1. The van der Waals surface area contributed by atoms with Crippen molar-refractivity contribution in [1.82, 2.24) is 9.97 Å². The molecule has 1 heterocycles. The molecule has 1 aromatic heterocycles. The summed E-state index contributed by atoms with van der Waals surface area (Å²) in [5.74, 6) is 2.10. The Morgan fingerprint density at radius 1 is 1.19 bits per heavy atom. The van der Waals surface area contributed by atoms with Crippen LogP contribution in [0.1, 0.15) is 25.0 Å². The number of anilines is 1. The van der Waals surface area contributed by atoms with Crippen molar-refractivity contribution < 1.29 is 9.84 Å². The number of hydrogen-bond acceptors (Lipinski definition) is 5. The SMILES string of the molecule is CCNc1ncnc(Oc2ccccc2CCO)c1CC. The van der Waals surface area contributed by atoms with E-state index in [1.54, 1.807) is 0 Å². The molecule has 112 valence electrons. The van der Waals surface area contributed by atoms with Crippen LogP contribution in [-0.4, -0.2) is 28.2 Å². The normalized spacial score (nSPS) is 10.4. The molecule has 0 spiro atoms. The molecule has 0 aliphatic carbocycles. The molecule has 0 aliphatic heterocycles. The summed E-state index contributed by atoms with van der Waals surface area (Å²) in [7, 11) is 0. The monoisotopic (exact) mass is 287 g/mol. The van der Waals surface area contributed by atoms with E-state index in [9.17, 15) is 0 Å². The second-order valence-corrected chi connectivity index (χ2v) is 4.57. The van der Waals surface area contributed by atoms with Gasteiger partial charge in [-0.25, -0.2) is 9.97 Å². The van der Waals surface area contributed by atoms with Crippen LogP contribution < -0.4 is 10.1 Å². The van der Waals surface area contributed by atoms with Gasteiger partial charge in [-0.05, 0) is 31.4 Å². The number of para-hydroxylation sites is 1. The molecule has 2 N–H and O–H groups in total. The van der Waals surface area contributed by atoms with Gasteiger partial charge in [-0.3, -0.25) is 0 Å². The van der Waals surface area contributed by atoms with Crippen LogP contribution in [0.5, 0.6) is 11.6 Å². The highest BCUT2D eigenvalue weighted by Gasteiger charge is 2.13. The Balaban J connectivity index is 2.33. The third-order valence-corrected chi connectivity index (χ3v) is 3.16. The van der Waals surface area contributed by atoms with Crippen molar-refractivity contribution >= 4 is 5.82 Å². The molecule has 0 bridgehead atoms. The molecule has 2 aromatic rings. The van der Waals surface area contributed by atoms with Gasteiger partial charge < -0.3 is 15.2 Å². The van der Waals surface area contributed by atoms with Gasteiger partial charge in [0, 0.05) is 13.2 Å². The molecule has 0 fully saturated rings. The number of aliphatic hydroxyl groups is 1. The number of benzene rings is 1. The zero-order chi connectivity index (χ0) is 15.1. The first kappa shape index (κ1) is 15.3. The predicted molar refractivity (Wildman–Crippen MR) is 82.9 cm³/mol. The van der Waals surface area contributed by atoms with E-state index in [0.717, 1.165) is 35.7 Å². The van der Waals surface area contributed by atoms with E-state index < -0.39 is 0 Å². The maximum absolute atomic E-state index is 9.13. The van der Waals surface area contributed by atoms with Gasteiger partial charge in [-0.1, -0.05) is 25.1 Å². The lowest BCUT2D eigenvalue weighted by molar-refractivity contribution is 0.297. The number of aliphatic hydroxyl groups excluding tert-OH is 1. The molecule has 21 heavy (non-hydrogen) atoms. The summed E-state index contributed by atoms with van der Waals surface area (Å²) >= 11 is 0. The molecule has 1 aromatic carbocycles. The van der Waals surface area contributed by atoms with E-state index in [1.165, 1.54) is 6.33 Å². The Kier molecular flexibility index (Phi) is 5.51. The van der Waals surface area contributed by atoms with Crippen molar-refractivity contribution in [3.8, 4) is 11.6 Å². The number of aromatic nitrogens is 2. The Morgan fingerprint density at radius 3 is 2.71 bits per heavy atom. The summed E-state index contributed by atoms with van der Waals surface area (Å²) in [5.41, 5.74) is 1.92. The summed E-state index contributed by atoms with van der Waals surface area (Å²) < 4.78 is 5.97. The fourth-order valence-corrected chi connectivity index (χ4v) is 2.16. The van der Waals surface area contributed by atoms with Crippen molar-refractivity contribution in [2.45, 2.75) is 26.7 Å². The molecule has 2 rings (SSSR count). The lowest BCUT2D eigenvalue weighted by Gasteiger charge is -2.14. The third-order valence-electron chi connectivity index (χ3n) is 3.16. The minimum absolute atomic E-state index is 0.0907. The summed E-state index contributed by atoms with van der Waals surface area (Å²) in [6.45, 7) is 4.96. The first-order valence-corrected chi connectivity index (χ1v) is 7.24. The maximum atomic E-state index is 9.13. The summed E-state index contributed by atoms with van der Waals surface area (Å²) in [6, 6.07) is 7.68. The highest BCUT2D eigenvalue weighted by Crippen LogP contribution is 2.29. The summed E-state index contributed by atoms with van der Waals surface area (Å²) in [5, 5.41) is 12.4. The molecular formula is C16H21N3O2. The van der Waals surface area contributed by atoms with Gasteiger partial charge in [-0.15, -0.1) is 0 Å². The quantitative estimate of drug-likeness (QED) is 0.819. The summed E-state index contributed by atoms with van der Waals surface area (Å²) in [6.07, 6.45) is 2.84. The molecule has 0 radical (unpaired) electrons. The molecule has 0 unspecified atom stereocenters. The van der Waals surface area contributed by atoms with Crippen LogP contribution in [0.2, 0.25) is 0 Å². The van der Waals surface area contributed by atoms with Crippen LogP contribution in [0.15, 0.2) is 30.6 Å². The minimum Gasteiger partial charge on any atom is -0.438 e. The fourth-order valence-electron chi connectivity index (χ4n) is 2.16. The van der Waals surface area contributed by atoms with Gasteiger partial charge in [0.2, 0.25) is 5.88 Å². The predicted octanol–water partition coefficient (Wildman–Crippen LogP) is 2.80. The van der Waals surface area contributed by atoms with Gasteiger partial charge in [-0.2, -0.15) is 0 Å². The highest BCUT2D eigenvalue weighted by atomic mass is 16.5. The molecule has 0 saturated carbocycles. The van der Waals surface area contributed by atoms with Crippen molar-refractivity contribution in [3.05, 3.63) is 41.7 Å². The van der Waals surface area contributed by atoms with E-state index in [2.05, 4.69) is 15.3 Å². The Bertz CT molecular complexity index is 587. The minimum atomic E-state index is 0.0907. The van der Waals surface area contributed by atoms with Crippen molar-refractivity contribution in [3.63, 3.8) is 0 Å². The fraction of sp³-hybridized carbons (Fsp3) is 0.375. The van der Waals surface area contributed by atoms with Gasteiger partial charge in [0.15, 0.2) is 0 Å². The van der Waals surface area contributed by atoms with Gasteiger partial charge in [0.25, 0.3) is 0 Å². The third kappa shape index (κ3) is 3.70. The molecular weight excluding hydrogens is 266 g/mol. The highest BCUT2D eigenvalue weighted by molar-refractivity contribution is 5.50. The zero-order valence-corrected chi connectivity index (χ0v) is 12.5. The molecule has 0 aliphatic rings. The maximum Gasteiger partial charge on any atom is 0.227 e. The van der Waals surface area contributed by atoms with Crippen LogP contribution in [0, 0.1) is 0 Å². The van der Waals surface area contributed by atoms with Crippen LogP contribution in [0.25, 0.3) is 0 Å². The van der Waals surface area contributed by atoms with E-state index in [0.29, 0.717) is 12.3 Å². The van der Waals surface area contributed by atoms with Crippen molar-refractivity contribution in [2.24, 2.45) is 0 Å².